The maximum absolute atomic E-state index is 14.7. The van der Waals surface area contributed by atoms with Crippen LogP contribution in [0.4, 0.5) is 4.39 Å². The number of carbonyl (C=O) groups excluding carboxylic acids is 2. The van der Waals surface area contributed by atoms with Gasteiger partial charge in [-0.2, -0.15) is 12.6 Å². The van der Waals surface area contributed by atoms with Gasteiger partial charge < -0.3 is 10.0 Å². The van der Waals surface area contributed by atoms with Crippen LogP contribution >= 0.6 is 12.6 Å². The minimum atomic E-state index is -0.866. The normalized spacial score (nSPS) is 24.4. The number of amides is 1. The molecular formula is C25H32FN3O4S. The smallest absolute Gasteiger partial charge is 0.304 e. The minimum Gasteiger partial charge on any atom is -0.481 e. The fraction of sp³-hybridized carbons (Fsp3) is 0.560. The first-order valence-electron chi connectivity index (χ1n) is 11.9. The zero-order chi connectivity index (χ0) is 24.2. The summed E-state index contributed by atoms with van der Waals surface area (Å²) in [6, 6.07) is 5.93. The SMILES string of the molecule is O=C(O)CCN1CCN(C/C=C2\CN(C(C(=O)C3CC3)c3ccccc3F)CCC2S)C(=O)C1. The maximum atomic E-state index is 14.7. The van der Waals surface area contributed by atoms with Gasteiger partial charge in [0.25, 0.3) is 0 Å². The molecule has 0 spiro atoms. The highest BCUT2D eigenvalue weighted by Gasteiger charge is 2.40. The van der Waals surface area contributed by atoms with Crippen LogP contribution < -0.4 is 0 Å². The second-order valence-corrected chi connectivity index (χ2v) is 10.0. The number of nitrogens with zero attached hydrogens (tertiary/aromatic N) is 3. The minimum absolute atomic E-state index is 0.0146. The fourth-order valence-electron chi connectivity index (χ4n) is 4.75. The summed E-state index contributed by atoms with van der Waals surface area (Å²) in [4.78, 5) is 42.2. The number of carboxylic acids is 1. The third-order valence-corrected chi connectivity index (χ3v) is 7.52. The highest BCUT2D eigenvalue weighted by molar-refractivity contribution is 7.81. The number of thiol groups is 1. The number of piperazine rings is 1. The third-order valence-electron chi connectivity index (χ3n) is 6.93. The monoisotopic (exact) mass is 489 g/mol. The van der Waals surface area contributed by atoms with Gasteiger partial charge in [0.2, 0.25) is 5.91 Å². The number of Topliss-reactive ketones (excluding diaryl/α,β-unsaturated/α-hetero) is 1. The summed E-state index contributed by atoms with van der Waals surface area (Å²) in [5, 5.41) is 8.88. The average molecular weight is 490 g/mol. The first kappa shape index (κ1) is 24.9. The Morgan fingerprint density at radius 1 is 1.15 bits per heavy atom. The molecule has 4 rings (SSSR count). The number of rotatable bonds is 9. The van der Waals surface area contributed by atoms with Gasteiger partial charge in [0.05, 0.1) is 19.0 Å². The summed E-state index contributed by atoms with van der Waals surface area (Å²) < 4.78 is 14.7. The highest BCUT2D eigenvalue weighted by Crippen LogP contribution is 2.39. The summed E-state index contributed by atoms with van der Waals surface area (Å²) in [5.41, 5.74) is 1.48. The molecule has 1 amide bonds. The molecule has 2 heterocycles. The van der Waals surface area contributed by atoms with Gasteiger partial charge in [-0.25, -0.2) is 4.39 Å². The van der Waals surface area contributed by atoms with E-state index in [1.807, 2.05) is 11.0 Å². The molecule has 1 aromatic carbocycles. The van der Waals surface area contributed by atoms with Crippen molar-refractivity contribution in [2.24, 2.45) is 5.92 Å². The second-order valence-electron chi connectivity index (χ2n) is 9.41. The fourth-order valence-corrected chi connectivity index (χ4v) is 5.06. The van der Waals surface area contributed by atoms with Crippen molar-refractivity contribution in [2.75, 3.05) is 45.8 Å². The van der Waals surface area contributed by atoms with Crippen molar-refractivity contribution in [3.8, 4) is 0 Å². The first-order valence-corrected chi connectivity index (χ1v) is 12.5. The molecule has 184 valence electrons. The summed E-state index contributed by atoms with van der Waals surface area (Å²) in [6.45, 7) is 3.40. The van der Waals surface area contributed by atoms with E-state index in [0.29, 0.717) is 44.8 Å². The molecule has 7 nitrogen and oxygen atoms in total. The van der Waals surface area contributed by atoms with Gasteiger partial charge in [-0.1, -0.05) is 24.3 Å². The molecular weight excluding hydrogens is 457 g/mol. The predicted molar refractivity (Wildman–Crippen MR) is 129 cm³/mol. The van der Waals surface area contributed by atoms with Crippen LogP contribution in [0, 0.1) is 11.7 Å². The highest BCUT2D eigenvalue weighted by atomic mass is 32.1. The summed E-state index contributed by atoms with van der Waals surface area (Å²) in [6.07, 6.45) is 4.53. The number of hydrogen-bond donors (Lipinski definition) is 2. The number of halogens is 1. The van der Waals surface area contributed by atoms with Crippen molar-refractivity contribution in [3.05, 3.63) is 47.3 Å². The number of benzene rings is 1. The summed E-state index contributed by atoms with van der Waals surface area (Å²) in [7, 11) is 0. The molecule has 0 radical (unpaired) electrons. The van der Waals surface area contributed by atoms with Crippen molar-refractivity contribution >= 4 is 30.3 Å². The Morgan fingerprint density at radius 3 is 2.59 bits per heavy atom. The van der Waals surface area contributed by atoms with Crippen LogP contribution in [0.25, 0.3) is 0 Å². The molecule has 2 atom stereocenters. The van der Waals surface area contributed by atoms with Crippen molar-refractivity contribution in [1.29, 1.82) is 0 Å². The Hall–Kier alpha value is -2.23. The summed E-state index contributed by atoms with van der Waals surface area (Å²) >= 11 is 4.74. The Labute approximate surface area is 205 Å². The number of carbonyl (C=O) groups is 3. The zero-order valence-corrected chi connectivity index (χ0v) is 20.1. The molecule has 9 heteroatoms. The standard InChI is InChI=1S/C25H32FN3O4S/c26-20-4-2-1-3-19(20)24(25(33)17-5-6-17)29-12-8-21(34)18(15-29)7-11-28-14-13-27(16-22(28)30)10-9-23(31)32/h1-4,7,17,21,24,34H,5-6,8-16H2,(H,31,32)/b18-7+. The maximum Gasteiger partial charge on any atom is 0.304 e. The van der Waals surface area contributed by atoms with Crippen LogP contribution in [0.5, 0.6) is 0 Å². The van der Waals surface area contributed by atoms with Crippen LogP contribution in [0.15, 0.2) is 35.9 Å². The van der Waals surface area contributed by atoms with Crippen molar-refractivity contribution < 1.29 is 23.9 Å². The van der Waals surface area contributed by atoms with E-state index < -0.39 is 12.0 Å². The molecule has 1 aliphatic carbocycles. The van der Waals surface area contributed by atoms with Crippen molar-refractivity contribution in [1.82, 2.24) is 14.7 Å². The number of carboxylic acid groups (broad SMARTS) is 1. The van der Waals surface area contributed by atoms with Gasteiger partial charge in [-0.15, -0.1) is 0 Å². The average Bonchev–Trinajstić information content (AvgIpc) is 3.65. The third kappa shape index (κ3) is 6.06. The molecule has 2 unspecified atom stereocenters. The largest absolute Gasteiger partial charge is 0.481 e. The molecule has 0 bridgehead atoms. The first-order chi connectivity index (χ1) is 16.3. The van der Waals surface area contributed by atoms with E-state index in [4.69, 9.17) is 17.7 Å². The van der Waals surface area contributed by atoms with Crippen molar-refractivity contribution in [2.45, 2.75) is 37.0 Å². The Morgan fingerprint density at radius 2 is 1.91 bits per heavy atom. The molecule has 1 aromatic rings. The second kappa shape index (κ2) is 11.0. The van der Waals surface area contributed by atoms with E-state index >= 15 is 0 Å². The number of hydrogen-bond acceptors (Lipinski definition) is 6. The number of likely N-dealkylation sites (tertiary alicyclic amines) is 1. The lowest BCUT2D eigenvalue weighted by Gasteiger charge is -2.38. The van der Waals surface area contributed by atoms with E-state index in [1.165, 1.54) is 6.07 Å². The van der Waals surface area contributed by atoms with Gasteiger partial charge in [0.1, 0.15) is 5.82 Å². The van der Waals surface area contributed by atoms with E-state index in [-0.39, 0.29) is 41.6 Å². The van der Waals surface area contributed by atoms with Gasteiger partial charge in [0.15, 0.2) is 5.78 Å². The Balaban J connectivity index is 1.43. The molecule has 34 heavy (non-hydrogen) atoms. The number of piperidine rings is 1. The van der Waals surface area contributed by atoms with Gasteiger partial charge in [-0.3, -0.25) is 24.2 Å². The molecule has 3 fully saturated rings. The molecule has 1 N–H and O–H groups in total. The Bertz CT molecular complexity index is 967. The lowest BCUT2D eigenvalue weighted by Crippen LogP contribution is -2.50. The van der Waals surface area contributed by atoms with Crippen LogP contribution in [0.3, 0.4) is 0 Å². The number of aliphatic carboxylic acids is 1. The van der Waals surface area contributed by atoms with Gasteiger partial charge in [0, 0.05) is 56.0 Å². The molecule has 2 aliphatic heterocycles. The zero-order valence-electron chi connectivity index (χ0n) is 19.2. The van der Waals surface area contributed by atoms with E-state index in [1.54, 1.807) is 23.1 Å². The van der Waals surface area contributed by atoms with E-state index in [9.17, 15) is 18.8 Å². The lowest BCUT2D eigenvalue weighted by atomic mass is 9.93. The van der Waals surface area contributed by atoms with Crippen molar-refractivity contribution in [3.63, 3.8) is 0 Å². The van der Waals surface area contributed by atoms with Gasteiger partial charge in [-0.05, 0) is 30.9 Å². The lowest BCUT2D eigenvalue weighted by molar-refractivity contribution is -0.140. The quantitative estimate of drug-likeness (QED) is 0.410. The predicted octanol–water partition coefficient (Wildman–Crippen LogP) is 2.40. The van der Waals surface area contributed by atoms with Crippen LogP contribution in [0.1, 0.15) is 37.3 Å². The molecule has 2 saturated heterocycles. The van der Waals surface area contributed by atoms with E-state index in [0.717, 1.165) is 24.8 Å². The Kier molecular flexibility index (Phi) is 8.06. The number of ketones is 1. The molecule has 1 saturated carbocycles. The summed E-state index contributed by atoms with van der Waals surface area (Å²) in [5.74, 6) is -1.14. The topological polar surface area (TPSA) is 81.2 Å². The molecule has 0 aromatic heterocycles. The van der Waals surface area contributed by atoms with Crippen LogP contribution in [-0.4, -0.2) is 88.5 Å². The van der Waals surface area contributed by atoms with Gasteiger partial charge >= 0.3 is 5.97 Å². The van der Waals surface area contributed by atoms with E-state index in [2.05, 4.69) is 4.90 Å². The van der Waals surface area contributed by atoms with Crippen LogP contribution in [-0.2, 0) is 14.4 Å². The molecule has 3 aliphatic rings. The van der Waals surface area contributed by atoms with Crippen LogP contribution in [0.2, 0.25) is 0 Å².